The molecule has 8 heteroatoms. The van der Waals surface area contributed by atoms with Crippen LogP contribution in [0.25, 0.3) is 22.2 Å². The van der Waals surface area contributed by atoms with Crippen LogP contribution in [0.2, 0.25) is 0 Å². The van der Waals surface area contributed by atoms with E-state index in [1.54, 1.807) is 18.5 Å². The molecule has 1 aliphatic heterocycles. The summed E-state index contributed by atoms with van der Waals surface area (Å²) in [6, 6.07) is 15.4. The van der Waals surface area contributed by atoms with Crippen molar-refractivity contribution in [3.8, 4) is 11.4 Å². The van der Waals surface area contributed by atoms with E-state index < -0.39 is 0 Å². The first-order valence-corrected chi connectivity index (χ1v) is 10.1. The zero-order valence-electron chi connectivity index (χ0n) is 16.8. The molecule has 8 nitrogen and oxygen atoms in total. The minimum Gasteiger partial charge on any atom is -0.397 e. The number of morpholine rings is 1. The number of rotatable bonds is 4. The van der Waals surface area contributed by atoms with E-state index in [1.165, 1.54) is 0 Å². The highest BCUT2D eigenvalue weighted by Crippen LogP contribution is 2.28. The lowest BCUT2D eigenvalue weighted by Crippen LogP contribution is -2.36. The molecule has 1 aliphatic rings. The van der Waals surface area contributed by atoms with Crippen LogP contribution in [0.5, 0.6) is 0 Å². The number of aromatic nitrogens is 3. The Morgan fingerprint density at radius 1 is 1.03 bits per heavy atom. The third kappa shape index (κ3) is 3.93. The Bertz CT molecular complexity index is 1260. The monoisotopic (exact) mass is 414 g/mol. The summed E-state index contributed by atoms with van der Waals surface area (Å²) in [6.45, 7) is 3.24. The second-order valence-electron chi connectivity index (χ2n) is 7.38. The summed E-state index contributed by atoms with van der Waals surface area (Å²) in [5.74, 6) is 0.479. The van der Waals surface area contributed by atoms with Gasteiger partial charge in [-0.3, -0.25) is 9.78 Å². The third-order valence-electron chi connectivity index (χ3n) is 5.31. The molecule has 1 saturated heterocycles. The van der Waals surface area contributed by atoms with Crippen molar-refractivity contribution in [3.05, 3.63) is 71.3 Å². The van der Waals surface area contributed by atoms with E-state index in [-0.39, 0.29) is 5.56 Å². The smallest absolute Gasteiger partial charge is 0.259 e. The topological polar surface area (TPSA) is 109 Å². The van der Waals surface area contributed by atoms with Crippen molar-refractivity contribution in [3.63, 3.8) is 0 Å². The number of ether oxygens (including phenoxy) is 1. The number of nitrogens with one attached hydrogen (secondary N) is 2. The number of aromatic amines is 1. The number of nitrogens with two attached hydrogens (primary N) is 1. The summed E-state index contributed by atoms with van der Waals surface area (Å²) in [6.07, 6.45) is 3.22. The number of pyridine rings is 3. The van der Waals surface area contributed by atoms with E-state index in [9.17, 15) is 4.79 Å². The van der Waals surface area contributed by atoms with Crippen LogP contribution >= 0.6 is 0 Å². The summed E-state index contributed by atoms with van der Waals surface area (Å²) >= 11 is 0. The molecule has 0 saturated carbocycles. The van der Waals surface area contributed by atoms with Crippen LogP contribution in [-0.2, 0) is 4.74 Å². The number of benzene rings is 1. The molecule has 4 heterocycles. The molecule has 0 spiro atoms. The fourth-order valence-corrected chi connectivity index (χ4v) is 3.71. The third-order valence-corrected chi connectivity index (χ3v) is 5.31. The molecule has 0 amide bonds. The SMILES string of the molecule is Nc1ccc(-c2cc3cc[nH]c(=O)c3c(Nc3ccc(N4CCOCC4)cc3)n2)nc1. The predicted molar refractivity (Wildman–Crippen MR) is 123 cm³/mol. The molecule has 1 aromatic carbocycles. The Balaban J connectivity index is 1.52. The summed E-state index contributed by atoms with van der Waals surface area (Å²) in [7, 11) is 0. The second kappa shape index (κ2) is 8.08. The van der Waals surface area contributed by atoms with E-state index in [4.69, 9.17) is 15.5 Å². The van der Waals surface area contributed by atoms with Crippen molar-refractivity contribution in [2.45, 2.75) is 0 Å². The highest BCUT2D eigenvalue weighted by atomic mass is 16.5. The Hall–Kier alpha value is -3.91. The summed E-state index contributed by atoms with van der Waals surface area (Å²) in [5.41, 5.74) is 9.47. The van der Waals surface area contributed by atoms with Gasteiger partial charge in [0.05, 0.1) is 41.9 Å². The quantitative estimate of drug-likeness (QED) is 0.471. The van der Waals surface area contributed by atoms with Gasteiger partial charge in [0.1, 0.15) is 5.82 Å². The molecule has 0 bridgehead atoms. The first-order valence-electron chi connectivity index (χ1n) is 10.1. The molecule has 0 aliphatic carbocycles. The van der Waals surface area contributed by atoms with Crippen molar-refractivity contribution in [2.75, 3.05) is 42.3 Å². The van der Waals surface area contributed by atoms with Crippen LogP contribution in [0.3, 0.4) is 0 Å². The molecule has 4 N–H and O–H groups in total. The van der Waals surface area contributed by atoms with Crippen LogP contribution in [0.1, 0.15) is 0 Å². The standard InChI is InChI=1S/C23H22N6O2/c24-16-1-6-19(26-14-16)20-13-15-7-8-25-23(30)21(15)22(28-20)27-17-2-4-18(5-3-17)29-9-11-31-12-10-29/h1-8,13-14H,9-12,24H2,(H,25,30)(H,27,28). The molecular weight excluding hydrogens is 392 g/mol. The van der Waals surface area contributed by atoms with Gasteiger partial charge in [0.25, 0.3) is 5.56 Å². The average Bonchev–Trinajstić information content (AvgIpc) is 2.80. The molecule has 0 atom stereocenters. The predicted octanol–water partition coefficient (Wildman–Crippen LogP) is 3.15. The lowest BCUT2D eigenvalue weighted by Gasteiger charge is -2.28. The van der Waals surface area contributed by atoms with Gasteiger partial charge >= 0.3 is 0 Å². The molecule has 0 radical (unpaired) electrons. The van der Waals surface area contributed by atoms with Crippen molar-refractivity contribution < 1.29 is 4.74 Å². The summed E-state index contributed by atoms with van der Waals surface area (Å²) in [5, 5.41) is 4.59. The first-order chi connectivity index (χ1) is 15.2. The van der Waals surface area contributed by atoms with Crippen LogP contribution in [0.15, 0.2) is 65.7 Å². The van der Waals surface area contributed by atoms with Crippen LogP contribution in [0, 0.1) is 0 Å². The maximum atomic E-state index is 12.6. The molecule has 3 aromatic heterocycles. The molecule has 156 valence electrons. The van der Waals surface area contributed by atoms with E-state index >= 15 is 0 Å². The molecule has 1 fully saturated rings. The number of hydrogen-bond acceptors (Lipinski definition) is 7. The molecular formula is C23H22N6O2. The van der Waals surface area contributed by atoms with Crippen molar-refractivity contribution in [1.82, 2.24) is 15.0 Å². The Morgan fingerprint density at radius 3 is 2.58 bits per heavy atom. The van der Waals surface area contributed by atoms with Gasteiger partial charge in [0.15, 0.2) is 0 Å². The van der Waals surface area contributed by atoms with Crippen molar-refractivity contribution in [1.29, 1.82) is 0 Å². The number of anilines is 4. The Labute approximate surface area is 178 Å². The van der Waals surface area contributed by atoms with E-state index in [1.807, 2.05) is 30.3 Å². The molecule has 0 unspecified atom stereocenters. The Kier molecular flexibility index (Phi) is 4.97. The van der Waals surface area contributed by atoms with E-state index in [2.05, 4.69) is 32.3 Å². The second-order valence-corrected chi connectivity index (χ2v) is 7.38. The lowest BCUT2D eigenvalue weighted by atomic mass is 10.1. The lowest BCUT2D eigenvalue weighted by molar-refractivity contribution is 0.122. The van der Waals surface area contributed by atoms with Crippen molar-refractivity contribution in [2.24, 2.45) is 0 Å². The zero-order valence-corrected chi connectivity index (χ0v) is 16.8. The average molecular weight is 414 g/mol. The number of nitrogen functional groups attached to an aromatic ring is 1. The van der Waals surface area contributed by atoms with Gasteiger partial charge in [0.2, 0.25) is 0 Å². The minimum atomic E-state index is -0.200. The van der Waals surface area contributed by atoms with Crippen LogP contribution in [0.4, 0.5) is 22.9 Å². The van der Waals surface area contributed by atoms with Gasteiger partial charge in [-0.2, -0.15) is 0 Å². The summed E-state index contributed by atoms with van der Waals surface area (Å²) in [4.78, 5) is 26.7. The van der Waals surface area contributed by atoms with Crippen LogP contribution in [-0.4, -0.2) is 41.3 Å². The normalized spacial score (nSPS) is 14.0. The maximum absolute atomic E-state index is 12.6. The van der Waals surface area contributed by atoms with E-state index in [0.717, 1.165) is 43.1 Å². The molecule has 5 rings (SSSR count). The first kappa shape index (κ1) is 19.1. The van der Waals surface area contributed by atoms with Crippen molar-refractivity contribution >= 4 is 33.7 Å². The minimum absolute atomic E-state index is 0.200. The largest absolute Gasteiger partial charge is 0.397 e. The van der Waals surface area contributed by atoms with Gasteiger partial charge in [-0.05, 0) is 53.9 Å². The van der Waals surface area contributed by atoms with E-state index in [0.29, 0.717) is 28.3 Å². The fourth-order valence-electron chi connectivity index (χ4n) is 3.71. The van der Waals surface area contributed by atoms with Gasteiger partial charge in [-0.25, -0.2) is 4.98 Å². The van der Waals surface area contributed by atoms with Gasteiger partial charge in [-0.1, -0.05) is 0 Å². The molecule has 31 heavy (non-hydrogen) atoms. The van der Waals surface area contributed by atoms with Gasteiger partial charge < -0.3 is 25.7 Å². The summed E-state index contributed by atoms with van der Waals surface area (Å²) < 4.78 is 5.42. The number of nitrogens with zero attached hydrogens (tertiary/aromatic N) is 3. The Morgan fingerprint density at radius 2 is 1.84 bits per heavy atom. The number of H-pyrrole nitrogens is 1. The fraction of sp³-hybridized carbons (Fsp3) is 0.174. The molecule has 4 aromatic rings. The zero-order chi connectivity index (χ0) is 21.2. The highest BCUT2D eigenvalue weighted by Gasteiger charge is 2.14. The van der Waals surface area contributed by atoms with Crippen LogP contribution < -0.4 is 21.5 Å². The number of fused-ring (bicyclic) bond motifs is 1. The highest BCUT2D eigenvalue weighted by molar-refractivity contribution is 5.95. The maximum Gasteiger partial charge on any atom is 0.259 e. The van der Waals surface area contributed by atoms with Gasteiger partial charge in [-0.15, -0.1) is 0 Å². The number of hydrogen-bond donors (Lipinski definition) is 3. The van der Waals surface area contributed by atoms with Gasteiger partial charge in [0, 0.05) is 30.7 Å².